The number of aromatic nitrogens is 2. The Morgan fingerprint density at radius 1 is 1.55 bits per heavy atom. The van der Waals surface area contributed by atoms with Crippen molar-refractivity contribution < 1.29 is 18.8 Å². The van der Waals surface area contributed by atoms with Gasteiger partial charge in [0.25, 0.3) is 0 Å². The molecule has 20 heavy (non-hydrogen) atoms. The summed E-state index contributed by atoms with van der Waals surface area (Å²) < 4.78 is 15.3. The van der Waals surface area contributed by atoms with Crippen LogP contribution >= 0.6 is 0 Å². The summed E-state index contributed by atoms with van der Waals surface area (Å²) in [7, 11) is 1.40. The monoisotopic (exact) mass is 283 g/mol. The summed E-state index contributed by atoms with van der Waals surface area (Å²) in [5.74, 6) is 0.960. The van der Waals surface area contributed by atoms with E-state index in [0.29, 0.717) is 31.2 Å². The fourth-order valence-corrected chi connectivity index (χ4v) is 2.27. The molecule has 0 amide bonds. The van der Waals surface area contributed by atoms with E-state index in [1.807, 2.05) is 0 Å². The Bertz CT molecular complexity index is 429. The van der Waals surface area contributed by atoms with Gasteiger partial charge in [-0.1, -0.05) is 5.16 Å². The van der Waals surface area contributed by atoms with Gasteiger partial charge in [-0.15, -0.1) is 0 Å². The lowest BCUT2D eigenvalue weighted by Crippen LogP contribution is -2.34. The standard InChI is InChI=1S/C13H21N3O4/c1-10-14-12(15-20-10)9-16(6-5-13(17)18-2)8-11-4-3-7-19-11/h11H,3-9H2,1-2H3. The zero-order chi connectivity index (χ0) is 14.4. The van der Waals surface area contributed by atoms with Crippen molar-refractivity contribution in [1.82, 2.24) is 15.0 Å². The first-order chi connectivity index (χ1) is 9.67. The molecule has 7 nitrogen and oxygen atoms in total. The molecule has 2 rings (SSSR count). The number of nitrogens with zero attached hydrogens (tertiary/aromatic N) is 3. The highest BCUT2D eigenvalue weighted by Crippen LogP contribution is 2.14. The van der Waals surface area contributed by atoms with Gasteiger partial charge in [0.2, 0.25) is 5.89 Å². The Hall–Kier alpha value is -1.47. The molecule has 112 valence electrons. The average molecular weight is 283 g/mol. The SMILES string of the molecule is COC(=O)CCN(Cc1noc(C)n1)CC1CCCO1. The molecule has 0 aromatic carbocycles. The van der Waals surface area contributed by atoms with Gasteiger partial charge >= 0.3 is 5.97 Å². The summed E-state index contributed by atoms with van der Waals surface area (Å²) in [6.07, 6.45) is 2.72. The first kappa shape index (κ1) is 14.9. The van der Waals surface area contributed by atoms with Crippen LogP contribution in [0.15, 0.2) is 4.52 Å². The molecule has 0 N–H and O–H groups in total. The molecule has 0 radical (unpaired) electrons. The zero-order valence-corrected chi connectivity index (χ0v) is 12.0. The molecule has 0 bridgehead atoms. The third-order valence-corrected chi connectivity index (χ3v) is 3.28. The molecule has 1 aromatic heterocycles. The van der Waals surface area contributed by atoms with Crippen LogP contribution in [0.2, 0.25) is 0 Å². The molecule has 0 aliphatic carbocycles. The Balaban J connectivity index is 1.89. The summed E-state index contributed by atoms with van der Waals surface area (Å²) in [5.41, 5.74) is 0. The Labute approximate surface area is 118 Å². The maximum atomic E-state index is 11.3. The molecule has 1 saturated heterocycles. The summed E-state index contributed by atoms with van der Waals surface area (Å²) in [6.45, 7) is 4.49. The Morgan fingerprint density at radius 2 is 2.40 bits per heavy atom. The first-order valence-corrected chi connectivity index (χ1v) is 6.87. The van der Waals surface area contributed by atoms with E-state index in [9.17, 15) is 4.79 Å². The van der Waals surface area contributed by atoms with Crippen molar-refractivity contribution in [3.05, 3.63) is 11.7 Å². The number of hydrogen-bond donors (Lipinski definition) is 0. The number of hydrogen-bond acceptors (Lipinski definition) is 7. The van der Waals surface area contributed by atoms with Crippen LogP contribution in [-0.4, -0.2) is 53.9 Å². The van der Waals surface area contributed by atoms with Crippen LogP contribution in [-0.2, 0) is 20.8 Å². The van der Waals surface area contributed by atoms with Crippen LogP contribution in [0.1, 0.15) is 31.0 Å². The highest BCUT2D eigenvalue weighted by atomic mass is 16.5. The summed E-state index contributed by atoms with van der Waals surface area (Å²) >= 11 is 0. The fourth-order valence-electron chi connectivity index (χ4n) is 2.27. The van der Waals surface area contributed by atoms with Gasteiger partial charge in [-0.2, -0.15) is 4.98 Å². The molecule has 1 fully saturated rings. The van der Waals surface area contributed by atoms with Crippen LogP contribution in [0, 0.1) is 6.92 Å². The number of methoxy groups -OCH3 is 1. The van der Waals surface area contributed by atoms with Crippen molar-refractivity contribution in [2.45, 2.75) is 38.8 Å². The first-order valence-electron chi connectivity index (χ1n) is 6.87. The largest absolute Gasteiger partial charge is 0.469 e. The maximum absolute atomic E-state index is 11.3. The van der Waals surface area contributed by atoms with Crippen LogP contribution < -0.4 is 0 Å². The lowest BCUT2D eigenvalue weighted by molar-refractivity contribution is -0.141. The van der Waals surface area contributed by atoms with Gasteiger partial charge in [-0.3, -0.25) is 9.69 Å². The van der Waals surface area contributed by atoms with Gasteiger partial charge in [0, 0.05) is 26.6 Å². The van der Waals surface area contributed by atoms with Gasteiger partial charge < -0.3 is 14.0 Å². The predicted octanol–water partition coefficient (Wildman–Crippen LogP) is 0.922. The third-order valence-electron chi connectivity index (χ3n) is 3.28. The van der Waals surface area contributed by atoms with E-state index < -0.39 is 0 Å². The second kappa shape index (κ2) is 7.35. The highest BCUT2D eigenvalue weighted by Gasteiger charge is 2.21. The maximum Gasteiger partial charge on any atom is 0.306 e. The molecule has 1 aliphatic heterocycles. The van der Waals surface area contributed by atoms with Gasteiger partial charge in [-0.25, -0.2) is 0 Å². The minimum Gasteiger partial charge on any atom is -0.469 e. The molecule has 0 saturated carbocycles. The molecule has 0 spiro atoms. The normalized spacial score (nSPS) is 18.6. The van der Waals surface area contributed by atoms with Crippen molar-refractivity contribution in [2.75, 3.05) is 26.8 Å². The minimum atomic E-state index is -0.216. The zero-order valence-electron chi connectivity index (χ0n) is 12.0. The number of aryl methyl sites for hydroxylation is 1. The molecule has 1 aliphatic rings. The van der Waals surface area contributed by atoms with Crippen LogP contribution in [0.25, 0.3) is 0 Å². The molecular weight excluding hydrogens is 262 g/mol. The van der Waals surface area contributed by atoms with Crippen molar-refractivity contribution >= 4 is 5.97 Å². The van der Waals surface area contributed by atoms with Gasteiger partial charge in [0.15, 0.2) is 5.82 Å². The highest BCUT2D eigenvalue weighted by molar-refractivity contribution is 5.69. The summed E-state index contributed by atoms with van der Waals surface area (Å²) in [4.78, 5) is 17.6. The van der Waals surface area contributed by atoms with E-state index in [0.717, 1.165) is 26.0 Å². The second-order valence-electron chi connectivity index (χ2n) is 4.93. The topological polar surface area (TPSA) is 77.7 Å². The molecule has 1 unspecified atom stereocenters. The van der Waals surface area contributed by atoms with Crippen molar-refractivity contribution in [3.8, 4) is 0 Å². The van der Waals surface area contributed by atoms with E-state index >= 15 is 0 Å². The van der Waals surface area contributed by atoms with E-state index in [4.69, 9.17) is 9.26 Å². The number of rotatable bonds is 7. The van der Waals surface area contributed by atoms with E-state index in [1.165, 1.54) is 7.11 Å². The third kappa shape index (κ3) is 4.57. The number of carbonyl (C=O) groups is 1. The average Bonchev–Trinajstić information content (AvgIpc) is 3.07. The molecule has 1 aromatic rings. The summed E-state index contributed by atoms with van der Waals surface area (Å²) in [6, 6.07) is 0. The smallest absolute Gasteiger partial charge is 0.306 e. The van der Waals surface area contributed by atoms with Crippen LogP contribution in [0.3, 0.4) is 0 Å². The van der Waals surface area contributed by atoms with E-state index in [-0.39, 0.29) is 12.1 Å². The summed E-state index contributed by atoms with van der Waals surface area (Å²) in [5, 5.41) is 3.89. The number of ether oxygens (including phenoxy) is 2. The lowest BCUT2D eigenvalue weighted by atomic mass is 10.2. The van der Waals surface area contributed by atoms with E-state index in [2.05, 4.69) is 19.8 Å². The van der Waals surface area contributed by atoms with Crippen LogP contribution in [0.5, 0.6) is 0 Å². The minimum absolute atomic E-state index is 0.216. The van der Waals surface area contributed by atoms with Gasteiger partial charge in [0.1, 0.15) is 0 Å². The number of esters is 1. The van der Waals surface area contributed by atoms with E-state index in [1.54, 1.807) is 6.92 Å². The number of carbonyl (C=O) groups excluding carboxylic acids is 1. The van der Waals surface area contributed by atoms with Gasteiger partial charge in [0.05, 0.1) is 26.2 Å². The Morgan fingerprint density at radius 3 is 3.00 bits per heavy atom. The fraction of sp³-hybridized carbons (Fsp3) is 0.769. The lowest BCUT2D eigenvalue weighted by Gasteiger charge is -2.23. The van der Waals surface area contributed by atoms with Gasteiger partial charge in [-0.05, 0) is 12.8 Å². The van der Waals surface area contributed by atoms with Crippen molar-refractivity contribution in [2.24, 2.45) is 0 Å². The molecule has 7 heteroatoms. The van der Waals surface area contributed by atoms with Crippen molar-refractivity contribution in [3.63, 3.8) is 0 Å². The molecule has 1 atom stereocenters. The Kier molecular flexibility index (Phi) is 5.49. The second-order valence-corrected chi connectivity index (χ2v) is 4.93. The molecule has 2 heterocycles. The quantitative estimate of drug-likeness (QED) is 0.688. The predicted molar refractivity (Wildman–Crippen MR) is 69.9 cm³/mol. The van der Waals surface area contributed by atoms with Crippen LogP contribution in [0.4, 0.5) is 0 Å². The van der Waals surface area contributed by atoms with Crippen molar-refractivity contribution in [1.29, 1.82) is 0 Å². The molecular formula is C13H21N3O4.